The van der Waals surface area contributed by atoms with Crippen LogP contribution < -0.4 is 10.1 Å². The summed E-state index contributed by atoms with van der Waals surface area (Å²) in [4.78, 5) is 10.4. The minimum Gasteiger partial charge on any atom is -0.475 e. The van der Waals surface area contributed by atoms with Crippen LogP contribution in [0.15, 0.2) is 10.7 Å². The van der Waals surface area contributed by atoms with Crippen LogP contribution in [-0.4, -0.2) is 33.6 Å². The molecule has 1 aromatic heterocycles. The number of amides is 1. The van der Waals surface area contributed by atoms with Crippen molar-refractivity contribution < 1.29 is 14.6 Å². The average Bonchev–Trinajstić information content (AvgIpc) is 2.46. The van der Waals surface area contributed by atoms with Crippen molar-refractivity contribution in [3.63, 3.8) is 0 Å². The number of hydrogen-bond donors (Lipinski definition) is 2. The molecule has 0 radical (unpaired) electrons. The summed E-state index contributed by atoms with van der Waals surface area (Å²) in [6, 6.07) is -0.244. The normalized spacial score (nSPS) is 19.6. The summed E-state index contributed by atoms with van der Waals surface area (Å²) in [6.07, 6.45) is 0.576. The highest BCUT2D eigenvalue weighted by Crippen LogP contribution is 2.26. The number of nitrogens with one attached hydrogen (secondary N) is 1. The lowest BCUT2D eigenvalue weighted by Gasteiger charge is -2.23. The number of aromatic nitrogens is 2. The molecule has 2 heterocycles. The second kappa shape index (κ2) is 3.49. The molecule has 0 unspecified atom stereocenters. The van der Waals surface area contributed by atoms with E-state index in [4.69, 9.17) is 9.84 Å². The van der Waals surface area contributed by atoms with E-state index in [0.717, 1.165) is 4.47 Å². The summed E-state index contributed by atoms with van der Waals surface area (Å²) in [5, 5.41) is 14.9. The van der Waals surface area contributed by atoms with Gasteiger partial charge in [0.2, 0.25) is 5.88 Å². The Morgan fingerprint density at radius 3 is 3.36 bits per heavy atom. The van der Waals surface area contributed by atoms with Crippen molar-refractivity contribution in [3.8, 4) is 5.88 Å². The largest absolute Gasteiger partial charge is 0.475 e. The molecule has 14 heavy (non-hydrogen) atoms. The van der Waals surface area contributed by atoms with Gasteiger partial charge in [0.1, 0.15) is 6.61 Å². The monoisotopic (exact) mass is 261 g/mol. The van der Waals surface area contributed by atoms with Crippen LogP contribution in [0.3, 0.4) is 0 Å². The van der Waals surface area contributed by atoms with Crippen molar-refractivity contribution in [1.29, 1.82) is 0 Å². The standard InChI is InChI=1S/C7H8BrN3O3/c8-5-1-9-11-2-4(10-7(12)13)3-14-6(5)11/h1,4,10H,2-3H2,(H,12,13)/t4-/m1/s1. The second-order valence-electron chi connectivity index (χ2n) is 2.94. The fourth-order valence-corrected chi connectivity index (χ4v) is 1.74. The Hall–Kier alpha value is -1.24. The zero-order chi connectivity index (χ0) is 10.1. The number of halogens is 1. The van der Waals surface area contributed by atoms with E-state index in [2.05, 4.69) is 26.3 Å². The first kappa shape index (κ1) is 9.32. The van der Waals surface area contributed by atoms with Crippen molar-refractivity contribution in [2.45, 2.75) is 12.6 Å². The quantitative estimate of drug-likeness (QED) is 0.780. The zero-order valence-electron chi connectivity index (χ0n) is 7.11. The minimum absolute atomic E-state index is 0.244. The predicted molar refractivity (Wildman–Crippen MR) is 50.4 cm³/mol. The Balaban J connectivity index is 2.10. The van der Waals surface area contributed by atoms with E-state index < -0.39 is 6.09 Å². The molecule has 0 bridgehead atoms. The highest BCUT2D eigenvalue weighted by Gasteiger charge is 2.23. The lowest BCUT2D eigenvalue weighted by Crippen LogP contribution is -2.44. The van der Waals surface area contributed by atoms with Gasteiger partial charge in [-0.25, -0.2) is 9.48 Å². The summed E-state index contributed by atoms with van der Waals surface area (Å²) < 4.78 is 7.74. The molecule has 0 saturated heterocycles. The van der Waals surface area contributed by atoms with Crippen LogP contribution in [0.5, 0.6) is 5.88 Å². The summed E-state index contributed by atoms with van der Waals surface area (Å²) >= 11 is 3.28. The first-order valence-electron chi connectivity index (χ1n) is 4.00. The summed E-state index contributed by atoms with van der Waals surface area (Å²) in [5.41, 5.74) is 0. The van der Waals surface area contributed by atoms with Gasteiger partial charge in [-0.05, 0) is 15.9 Å². The first-order valence-corrected chi connectivity index (χ1v) is 4.79. The fourth-order valence-electron chi connectivity index (χ4n) is 1.33. The van der Waals surface area contributed by atoms with Gasteiger partial charge < -0.3 is 15.2 Å². The highest BCUT2D eigenvalue weighted by atomic mass is 79.9. The summed E-state index contributed by atoms with van der Waals surface area (Å²) in [6.45, 7) is 0.823. The summed E-state index contributed by atoms with van der Waals surface area (Å²) in [5.74, 6) is 0.647. The Bertz CT molecular complexity index is 365. The summed E-state index contributed by atoms with van der Waals surface area (Å²) in [7, 11) is 0. The van der Waals surface area contributed by atoms with Crippen molar-refractivity contribution in [3.05, 3.63) is 10.7 Å². The molecule has 0 aliphatic carbocycles. The molecule has 1 amide bonds. The molecule has 2 rings (SSSR count). The third kappa shape index (κ3) is 1.67. The molecule has 0 fully saturated rings. The van der Waals surface area contributed by atoms with Gasteiger partial charge in [0, 0.05) is 0 Å². The number of fused-ring (bicyclic) bond motifs is 1. The third-order valence-corrected chi connectivity index (χ3v) is 2.44. The van der Waals surface area contributed by atoms with Crippen molar-refractivity contribution in [2.24, 2.45) is 0 Å². The molecular weight excluding hydrogens is 254 g/mol. The molecule has 7 heteroatoms. The number of rotatable bonds is 1. The van der Waals surface area contributed by atoms with Crippen LogP contribution in [-0.2, 0) is 6.54 Å². The van der Waals surface area contributed by atoms with E-state index in [9.17, 15) is 4.79 Å². The lowest BCUT2D eigenvalue weighted by molar-refractivity contribution is 0.157. The van der Waals surface area contributed by atoms with Crippen LogP contribution in [0, 0.1) is 0 Å². The Morgan fingerprint density at radius 2 is 2.64 bits per heavy atom. The average molecular weight is 262 g/mol. The fraction of sp³-hybridized carbons (Fsp3) is 0.429. The zero-order valence-corrected chi connectivity index (χ0v) is 8.69. The molecule has 0 saturated carbocycles. The smallest absolute Gasteiger partial charge is 0.405 e. The van der Waals surface area contributed by atoms with Crippen LogP contribution in [0.1, 0.15) is 0 Å². The van der Waals surface area contributed by atoms with Gasteiger partial charge in [-0.15, -0.1) is 0 Å². The van der Waals surface area contributed by atoms with Crippen molar-refractivity contribution in [2.75, 3.05) is 6.61 Å². The molecule has 76 valence electrons. The highest BCUT2D eigenvalue weighted by molar-refractivity contribution is 9.10. The Morgan fingerprint density at radius 1 is 1.86 bits per heavy atom. The SMILES string of the molecule is O=C(O)N[C@H]1COc2c(Br)cnn2C1. The van der Waals surface area contributed by atoms with Gasteiger partial charge in [-0.2, -0.15) is 5.10 Å². The van der Waals surface area contributed by atoms with E-state index >= 15 is 0 Å². The van der Waals surface area contributed by atoms with Crippen LogP contribution >= 0.6 is 15.9 Å². The van der Waals surface area contributed by atoms with E-state index in [1.807, 2.05) is 0 Å². The van der Waals surface area contributed by atoms with Gasteiger partial charge in [0.05, 0.1) is 23.3 Å². The van der Waals surface area contributed by atoms with Gasteiger partial charge in [-0.1, -0.05) is 0 Å². The number of carbonyl (C=O) groups is 1. The van der Waals surface area contributed by atoms with Gasteiger partial charge in [0.25, 0.3) is 0 Å². The number of nitrogens with zero attached hydrogens (tertiary/aromatic N) is 2. The Labute approximate surface area is 88.0 Å². The molecular formula is C7H8BrN3O3. The van der Waals surface area contributed by atoms with Gasteiger partial charge >= 0.3 is 6.09 Å². The molecule has 1 aromatic rings. The molecule has 1 aliphatic heterocycles. The predicted octanol–water partition coefficient (Wildman–Crippen LogP) is 0.674. The molecule has 1 aliphatic rings. The van der Waals surface area contributed by atoms with Crippen molar-refractivity contribution >= 4 is 22.0 Å². The second-order valence-corrected chi connectivity index (χ2v) is 3.79. The maximum Gasteiger partial charge on any atom is 0.405 e. The van der Waals surface area contributed by atoms with Crippen LogP contribution in [0.25, 0.3) is 0 Å². The van der Waals surface area contributed by atoms with Crippen LogP contribution in [0.2, 0.25) is 0 Å². The number of hydrogen-bond acceptors (Lipinski definition) is 3. The molecule has 0 aromatic carbocycles. The molecule has 0 spiro atoms. The van der Waals surface area contributed by atoms with Gasteiger partial charge in [0.15, 0.2) is 0 Å². The topological polar surface area (TPSA) is 76.4 Å². The van der Waals surface area contributed by atoms with E-state index in [1.165, 1.54) is 0 Å². The molecule has 1 atom stereocenters. The number of carboxylic acid groups (broad SMARTS) is 1. The van der Waals surface area contributed by atoms with Gasteiger partial charge in [-0.3, -0.25) is 0 Å². The molecule has 2 N–H and O–H groups in total. The van der Waals surface area contributed by atoms with Crippen LogP contribution in [0.4, 0.5) is 4.79 Å². The van der Waals surface area contributed by atoms with E-state index in [-0.39, 0.29) is 6.04 Å². The maximum absolute atomic E-state index is 10.4. The maximum atomic E-state index is 10.4. The van der Waals surface area contributed by atoms with E-state index in [0.29, 0.717) is 19.0 Å². The third-order valence-electron chi connectivity index (χ3n) is 1.89. The first-order chi connectivity index (χ1) is 6.66. The minimum atomic E-state index is -1.05. The Kier molecular flexibility index (Phi) is 2.32. The van der Waals surface area contributed by atoms with E-state index in [1.54, 1.807) is 10.9 Å². The van der Waals surface area contributed by atoms with Crippen molar-refractivity contribution in [1.82, 2.24) is 15.1 Å². The lowest BCUT2D eigenvalue weighted by atomic mass is 10.3. The molecule has 6 nitrogen and oxygen atoms in total. The number of ether oxygens (including phenoxy) is 1.